The molecule has 18 heavy (non-hydrogen) atoms. The van der Waals surface area contributed by atoms with E-state index in [1.54, 1.807) is 13.8 Å². The Morgan fingerprint density at radius 1 is 1.50 bits per heavy atom. The van der Waals surface area contributed by atoms with Crippen molar-refractivity contribution in [1.29, 1.82) is 0 Å². The maximum absolute atomic E-state index is 13.1. The number of ether oxygens (including phenoxy) is 1. The van der Waals surface area contributed by atoms with Crippen LogP contribution in [0.5, 0.6) is 0 Å². The molecule has 0 spiro atoms. The molecule has 1 aromatic carbocycles. The van der Waals surface area contributed by atoms with Crippen molar-refractivity contribution < 1.29 is 18.8 Å². The highest BCUT2D eigenvalue weighted by molar-refractivity contribution is 5.92. The van der Waals surface area contributed by atoms with E-state index in [1.807, 2.05) is 0 Å². The highest BCUT2D eigenvalue weighted by Gasteiger charge is 2.11. The average molecular weight is 256 g/mol. The van der Waals surface area contributed by atoms with Crippen molar-refractivity contribution in [3.8, 4) is 0 Å². The summed E-state index contributed by atoms with van der Waals surface area (Å²) in [5, 5.41) is 12.8. The highest BCUT2D eigenvalue weighted by Crippen LogP contribution is 2.19. The summed E-state index contributed by atoms with van der Waals surface area (Å²) >= 11 is 0. The summed E-state index contributed by atoms with van der Waals surface area (Å²) in [6.07, 6.45) is -0.113. The summed E-state index contributed by atoms with van der Waals surface area (Å²) in [6.45, 7) is 3.34. The number of carbonyl (C=O) groups excluding carboxylic acids is 1. The van der Waals surface area contributed by atoms with Crippen molar-refractivity contribution in [2.45, 2.75) is 20.0 Å². The number of nitro benzene ring substituents is 1. The van der Waals surface area contributed by atoms with E-state index >= 15 is 0 Å². The van der Waals surface area contributed by atoms with E-state index in [-0.39, 0.29) is 18.4 Å². The van der Waals surface area contributed by atoms with E-state index in [0.717, 1.165) is 18.2 Å². The van der Waals surface area contributed by atoms with Crippen LogP contribution in [0.1, 0.15) is 13.8 Å². The van der Waals surface area contributed by atoms with Crippen LogP contribution in [-0.2, 0) is 9.53 Å². The largest absolute Gasteiger partial charge is 0.369 e. The maximum atomic E-state index is 13.1. The van der Waals surface area contributed by atoms with Gasteiger partial charge in [-0.2, -0.15) is 0 Å². The van der Waals surface area contributed by atoms with E-state index in [2.05, 4.69) is 5.32 Å². The molecule has 0 fully saturated rings. The molecular weight excluding hydrogens is 243 g/mol. The van der Waals surface area contributed by atoms with Crippen LogP contribution in [0.15, 0.2) is 18.2 Å². The second-order valence-electron chi connectivity index (χ2n) is 3.86. The molecule has 0 atom stereocenters. The molecule has 6 nitrogen and oxygen atoms in total. The Hall–Kier alpha value is -2.02. The van der Waals surface area contributed by atoms with Gasteiger partial charge in [-0.1, -0.05) is 0 Å². The predicted molar refractivity (Wildman–Crippen MR) is 62.8 cm³/mol. The van der Waals surface area contributed by atoms with Gasteiger partial charge in [-0.25, -0.2) is 4.39 Å². The van der Waals surface area contributed by atoms with Crippen molar-refractivity contribution in [1.82, 2.24) is 0 Å². The van der Waals surface area contributed by atoms with Crippen LogP contribution >= 0.6 is 0 Å². The summed E-state index contributed by atoms with van der Waals surface area (Å²) in [5.41, 5.74) is -0.394. The molecule has 98 valence electrons. The minimum Gasteiger partial charge on any atom is -0.369 e. The lowest BCUT2D eigenvalue weighted by Crippen LogP contribution is -2.20. The number of anilines is 1. The molecule has 0 radical (unpaired) electrons. The molecule has 1 aromatic rings. The first kappa shape index (κ1) is 14.0. The van der Waals surface area contributed by atoms with Gasteiger partial charge in [0.25, 0.3) is 5.69 Å². The number of hydrogen-bond acceptors (Lipinski definition) is 4. The second kappa shape index (κ2) is 6.06. The number of nitrogens with zero attached hydrogens (tertiary/aromatic N) is 1. The van der Waals surface area contributed by atoms with Gasteiger partial charge < -0.3 is 10.1 Å². The molecule has 1 rings (SSSR count). The SMILES string of the molecule is CC(C)OCC(=O)Nc1cc(F)cc([N+](=O)[O-])c1. The fourth-order valence-corrected chi connectivity index (χ4v) is 1.19. The number of rotatable bonds is 5. The van der Waals surface area contributed by atoms with Gasteiger partial charge in [-0.05, 0) is 19.9 Å². The number of carbonyl (C=O) groups is 1. The van der Waals surface area contributed by atoms with Crippen molar-refractivity contribution in [3.63, 3.8) is 0 Å². The van der Waals surface area contributed by atoms with Crippen molar-refractivity contribution in [3.05, 3.63) is 34.1 Å². The Bertz CT molecular complexity index is 462. The predicted octanol–water partition coefficient (Wildman–Crippen LogP) is 2.10. The molecule has 0 saturated carbocycles. The molecule has 0 unspecified atom stereocenters. The van der Waals surface area contributed by atoms with E-state index in [9.17, 15) is 19.3 Å². The van der Waals surface area contributed by atoms with Gasteiger partial charge in [0, 0.05) is 6.07 Å². The Balaban J connectivity index is 2.72. The topological polar surface area (TPSA) is 81.5 Å². The molecular formula is C11H13FN2O4. The summed E-state index contributed by atoms with van der Waals surface area (Å²) in [6, 6.07) is 2.86. The van der Waals surface area contributed by atoms with Gasteiger partial charge in [-0.3, -0.25) is 14.9 Å². The number of nitrogens with one attached hydrogen (secondary N) is 1. The van der Waals surface area contributed by atoms with Crippen LogP contribution in [-0.4, -0.2) is 23.5 Å². The summed E-state index contributed by atoms with van der Waals surface area (Å²) < 4.78 is 18.1. The first-order valence-electron chi connectivity index (χ1n) is 5.25. The Labute approximate surface area is 103 Å². The minimum atomic E-state index is -0.788. The van der Waals surface area contributed by atoms with Crippen molar-refractivity contribution in [2.24, 2.45) is 0 Å². The fourth-order valence-electron chi connectivity index (χ4n) is 1.19. The van der Waals surface area contributed by atoms with Crippen LogP contribution in [0, 0.1) is 15.9 Å². The van der Waals surface area contributed by atoms with Crippen LogP contribution in [0.4, 0.5) is 15.8 Å². The van der Waals surface area contributed by atoms with E-state index in [1.165, 1.54) is 0 Å². The standard InChI is InChI=1S/C11H13FN2O4/c1-7(2)18-6-11(15)13-9-3-8(12)4-10(5-9)14(16)17/h3-5,7H,6H2,1-2H3,(H,13,15). The fraction of sp³-hybridized carbons (Fsp3) is 0.364. The van der Waals surface area contributed by atoms with Crippen LogP contribution in [0.25, 0.3) is 0 Å². The zero-order valence-corrected chi connectivity index (χ0v) is 9.97. The second-order valence-corrected chi connectivity index (χ2v) is 3.86. The van der Waals surface area contributed by atoms with Gasteiger partial charge in [-0.15, -0.1) is 0 Å². The maximum Gasteiger partial charge on any atom is 0.274 e. The first-order chi connectivity index (χ1) is 8.38. The van der Waals surface area contributed by atoms with Gasteiger partial charge in [0.05, 0.1) is 22.8 Å². The van der Waals surface area contributed by atoms with Gasteiger partial charge in [0.15, 0.2) is 0 Å². The molecule has 7 heteroatoms. The third-order valence-corrected chi connectivity index (χ3v) is 1.92. The lowest BCUT2D eigenvalue weighted by atomic mass is 10.2. The van der Waals surface area contributed by atoms with Crippen LogP contribution in [0.2, 0.25) is 0 Å². The molecule has 0 aliphatic carbocycles. The molecule has 0 aromatic heterocycles. The van der Waals surface area contributed by atoms with Gasteiger partial charge >= 0.3 is 0 Å². The zero-order chi connectivity index (χ0) is 13.7. The summed E-state index contributed by atoms with van der Waals surface area (Å²) in [4.78, 5) is 21.2. The Kier molecular flexibility index (Phi) is 4.73. The number of halogens is 1. The Morgan fingerprint density at radius 2 is 2.17 bits per heavy atom. The lowest BCUT2D eigenvalue weighted by molar-refractivity contribution is -0.385. The zero-order valence-electron chi connectivity index (χ0n) is 9.97. The van der Waals surface area contributed by atoms with E-state index in [4.69, 9.17) is 4.74 Å². The van der Waals surface area contributed by atoms with Gasteiger partial charge in [0.1, 0.15) is 12.4 Å². The molecule has 0 aliphatic heterocycles. The number of nitro groups is 1. The molecule has 1 N–H and O–H groups in total. The van der Waals surface area contributed by atoms with Crippen molar-refractivity contribution >= 4 is 17.3 Å². The Morgan fingerprint density at radius 3 is 2.72 bits per heavy atom. The van der Waals surface area contributed by atoms with Crippen molar-refractivity contribution in [2.75, 3.05) is 11.9 Å². The third kappa shape index (κ3) is 4.46. The molecule has 0 saturated heterocycles. The quantitative estimate of drug-likeness (QED) is 0.646. The number of amides is 1. The molecule has 0 bridgehead atoms. The minimum absolute atomic E-state index is 0.0269. The van der Waals surface area contributed by atoms with Gasteiger partial charge in [0.2, 0.25) is 5.91 Å². The monoisotopic (exact) mass is 256 g/mol. The number of benzene rings is 1. The average Bonchev–Trinajstić information content (AvgIpc) is 2.25. The van der Waals surface area contributed by atoms with E-state index < -0.39 is 22.3 Å². The summed E-state index contributed by atoms with van der Waals surface area (Å²) in [7, 11) is 0. The smallest absolute Gasteiger partial charge is 0.274 e. The van der Waals surface area contributed by atoms with E-state index in [0.29, 0.717) is 0 Å². The third-order valence-electron chi connectivity index (χ3n) is 1.92. The molecule has 0 heterocycles. The first-order valence-corrected chi connectivity index (χ1v) is 5.25. The normalized spacial score (nSPS) is 10.4. The summed E-state index contributed by atoms with van der Waals surface area (Å²) in [5.74, 6) is -1.28. The molecule has 1 amide bonds. The number of hydrogen-bond donors (Lipinski definition) is 1. The lowest BCUT2D eigenvalue weighted by Gasteiger charge is -2.08. The molecule has 0 aliphatic rings. The van der Waals surface area contributed by atoms with Crippen LogP contribution < -0.4 is 5.32 Å². The number of non-ortho nitro benzene ring substituents is 1. The van der Waals surface area contributed by atoms with Crippen LogP contribution in [0.3, 0.4) is 0 Å². The highest BCUT2D eigenvalue weighted by atomic mass is 19.1.